The van der Waals surface area contributed by atoms with Crippen LogP contribution >= 0.6 is 0 Å². The molecule has 5 nitrogen and oxygen atoms in total. The highest BCUT2D eigenvalue weighted by atomic mass is 19.4. The lowest BCUT2D eigenvalue weighted by Gasteiger charge is -2.27. The van der Waals surface area contributed by atoms with Crippen LogP contribution in [0.5, 0.6) is 0 Å². The summed E-state index contributed by atoms with van der Waals surface area (Å²) >= 11 is 0. The van der Waals surface area contributed by atoms with Crippen LogP contribution in [0.3, 0.4) is 0 Å². The normalized spacial score (nSPS) is 18.6. The van der Waals surface area contributed by atoms with E-state index >= 15 is 0 Å². The first-order valence-electron chi connectivity index (χ1n) is 10.1. The second-order valence-electron chi connectivity index (χ2n) is 7.73. The van der Waals surface area contributed by atoms with Crippen molar-refractivity contribution in [3.05, 3.63) is 78.1 Å². The Morgan fingerprint density at radius 1 is 0.941 bits per heavy atom. The minimum Gasteiger partial charge on any atom is -0.484 e. The molecule has 0 fully saturated rings. The van der Waals surface area contributed by atoms with Crippen LogP contribution in [-0.2, 0) is 17.1 Å². The minimum absolute atomic E-state index is 0.0424. The third-order valence-corrected chi connectivity index (χ3v) is 5.54. The molecule has 0 bridgehead atoms. The summed E-state index contributed by atoms with van der Waals surface area (Å²) in [5.41, 5.74) is -1.95. The Morgan fingerprint density at radius 2 is 1.62 bits per heavy atom. The van der Waals surface area contributed by atoms with Crippen molar-refractivity contribution in [1.82, 2.24) is 14.5 Å². The number of benzene rings is 1. The maximum absolute atomic E-state index is 13.4. The van der Waals surface area contributed by atoms with E-state index < -0.39 is 23.5 Å². The van der Waals surface area contributed by atoms with E-state index in [9.17, 15) is 26.3 Å². The lowest BCUT2D eigenvalue weighted by Crippen LogP contribution is -2.24. The number of pyridine rings is 1. The average Bonchev–Trinajstić information content (AvgIpc) is 3.27. The van der Waals surface area contributed by atoms with E-state index in [0.29, 0.717) is 29.3 Å². The van der Waals surface area contributed by atoms with Gasteiger partial charge >= 0.3 is 12.4 Å². The number of halogens is 6. The number of rotatable bonds is 3. The van der Waals surface area contributed by atoms with Crippen LogP contribution in [0.1, 0.15) is 29.5 Å². The van der Waals surface area contributed by atoms with Gasteiger partial charge in [0.1, 0.15) is 0 Å². The van der Waals surface area contributed by atoms with Crippen LogP contribution in [0.25, 0.3) is 16.9 Å². The van der Waals surface area contributed by atoms with Gasteiger partial charge in [-0.15, -0.1) is 0 Å². The summed E-state index contributed by atoms with van der Waals surface area (Å²) in [6, 6.07) is 3.15. The Kier molecular flexibility index (Phi) is 5.96. The fourth-order valence-corrected chi connectivity index (χ4v) is 3.93. The SMILES string of the molecule is COC1=NC=CC(C)C1c1ccncc1-n1cncc1-c1cc(C(F)(F)F)cc(C(F)(F)F)c1. The molecule has 0 N–H and O–H groups in total. The van der Waals surface area contributed by atoms with Gasteiger partial charge < -0.3 is 4.74 Å². The molecule has 0 amide bonds. The van der Waals surface area contributed by atoms with Crippen molar-refractivity contribution in [1.29, 1.82) is 0 Å². The quantitative estimate of drug-likeness (QED) is 0.416. The molecule has 1 aromatic carbocycles. The number of aromatic nitrogens is 3. The van der Waals surface area contributed by atoms with Gasteiger partial charge in [0.05, 0.1) is 54.3 Å². The van der Waals surface area contributed by atoms with Crippen molar-refractivity contribution in [3.63, 3.8) is 0 Å². The van der Waals surface area contributed by atoms with Gasteiger partial charge in [0.25, 0.3) is 0 Å². The molecule has 4 rings (SSSR count). The summed E-state index contributed by atoms with van der Waals surface area (Å²) in [7, 11) is 1.47. The minimum atomic E-state index is -4.96. The summed E-state index contributed by atoms with van der Waals surface area (Å²) < 4.78 is 87.2. The molecule has 1 aliphatic rings. The van der Waals surface area contributed by atoms with Gasteiger partial charge in [-0.3, -0.25) is 9.55 Å². The number of hydrogen-bond acceptors (Lipinski definition) is 4. The topological polar surface area (TPSA) is 52.3 Å². The average molecular weight is 480 g/mol. The number of methoxy groups -OCH3 is 1. The van der Waals surface area contributed by atoms with Gasteiger partial charge in [-0.25, -0.2) is 9.98 Å². The lowest BCUT2D eigenvalue weighted by atomic mass is 9.85. The van der Waals surface area contributed by atoms with Crippen LogP contribution < -0.4 is 0 Å². The predicted molar refractivity (Wildman–Crippen MR) is 112 cm³/mol. The molecule has 0 spiro atoms. The van der Waals surface area contributed by atoms with Crippen LogP contribution in [0.2, 0.25) is 0 Å². The van der Waals surface area contributed by atoms with Crippen molar-refractivity contribution < 1.29 is 31.1 Å². The van der Waals surface area contributed by atoms with E-state index in [4.69, 9.17) is 4.74 Å². The van der Waals surface area contributed by atoms with Gasteiger partial charge in [0.15, 0.2) is 5.90 Å². The summed E-state index contributed by atoms with van der Waals surface area (Å²) in [5.74, 6) is 0.0176. The number of alkyl halides is 6. The largest absolute Gasteiger partial charge is 0.484 e. The molecule has 178 valence electrons. The lowest BCUT2D eigenvalue weighted by molar-refractivity contribution is -0.143. The maximum Gasteiger partial charge on any atom is 0.416 e. The third-order valence-electron chi connectivity index (χ3n) is 5.54. The van der Waals surface area contributed by atoms with Gasteiger partial charge in [-0.05, 0) is 35.7 Å². The van der Waals surface area contributed by atoms with Crippen molar-refractivity contribution in [2.45, 2.75) is 25.2 Å². The van der Waals surface area contributed by atoms with Crippen LogP contribution in [-0.4, -0.2) is 27.5 Å². The van der Waals surface area contributed by atoms with Crippen molar-refractivity contribution >= 4 is 5.90 Å². The zero-order valence-corrected chi connectivity index (χ0v) is 17.9. The van der Waals surface area contributed by atoms with Gasteiger partial charge in [-0.2, -0.15) is 26.3 Å². The molecule has 3 aromatic rings. The molecular weight excluding hydrogens is 462 g/mol. The Balaban J connectivity index is 1.90. The molecule has 11 heteroatoms. The molecule has 0 saturated carbocycles. The Morgan fingerprint density at radius 3 is 2.24 bits per heavy atom. The van der Waals surface area contributed by atoms with Crippen LogP contribution in [0.15, 0.2) is 66.5 Å². The zero-order valence-electron chi connectivity index (χ0n) is 17.9. The van der Waals surface area contributed by atoms with Gasteiger partial charge in [0.2, 0.25) is 0 Å². The van der Waals surface area contributed by atoms with Crippen LogP contribution in [0, 0.1) is 5.92 Å². The van der Waals surface area contributed by atoms with E-state index in [1.54, 1.807) is 18.5 Å². The number of allylic oxidation sites excluding steroid dienone is 1. The molecule has 0 radical (unpaired) electrons. The summed E-state index contributed by atoms with van der Waals surface area (Å²) in [6.45, 7) is 1.94. The highest BCUT2D eigenvalue weighted by Crippen LogP contribution is 2.40. The molecule has 3 heterocycles. The monoisotopic (exact) mass is 480 g/mol. The first-order chi connectivity index (χ1) is 16.0. The smallest absolute Gasteiger partial charge is 0.416 e. The molecular formula is C23H18F6N4O. The predicted octanol–water partition coefficient (Wildman–Crippen LogP) is 6.26. The molecule has 2 unspecified atom stereocenters. The first-order valence-corrected chi connectivity index (χ1v) is 10.1. The maximum atomic E-state index is 13.4. The molecule has 34 heavy (non-hydrogen) atoms. The molecule has 0 aliphatic carbocycles. The summed E-state index contributed by atoms with van der Waals surface area (Å²) in [6.07, 6.45) is -0.906. The molecule has 2 aromatic heterocycles. The van der Waals surface area contributed by atoms with E-state index in [0.717, 1.165) is 0 Å². The fourth-order valence-electron chi connectivity index (χ4n) is 3.93. The number of imidazole rings is 1. The Hall–Kier alpha value is -3.63. The second kappa shape index (κ2) is 8.62. The summed E-state index contributed by atoms with van der Waals surface area (Å²) in [5, 5.41) is 0. The Labute approximate surface area is 190 Å². The number of nitrogens with zero attached hydrogens (tertiary/aromatic N) is 4. The van der Waals surface area contributed by atoms with Gasteiger partial charge in [0, 0.05) is 18.0 Å². The highest BCUT2D eigenvalue weighted by molar-refractivity contribution is 5.86. The molecule has 1 aliphatic heterocycles. The number of hydrogen-bond donors (Lipinski definition) is 0. The second-order valence-corrected chi connectivity index (χ2v) is 7.73. The zero-order chi connectivity index (χ0) is 24.7. The van der Waals surface area contributed by atoms with Crippen molar-refractivity contribution in [2.75, 3.05) is 7.11 Å². The van der Waals surface area contributed by atoms with Crippen molar-refractivity contribution in [3.8, 4) is 16.9 Å². The number of ether oxygens (including phenoxy) is 1. The molecule has 2 atom stereocenters. The Bertz CT molecular complexity index is 1230. The summed E-state index contributed by atoms with van der Waals surface area (Å²) in [4.78, 5) is 12.4. The van der Waals surface area contributed by atoms with E-state index in [1.807, 2.05) is 13.0 Å². The van der Waals surface area contributed by atoms with Crippen LogP contribution in [0.4, 0.5) is 26.3 Å². The van der Waals surface area contributed by atoms with Crippen molar-refractivity contribution in [2.24, 2.45) is 10.9 Å². The third kappa shape index (κ3) is 4.42. The standard InChI is InChI=1S/C23H18F6N4O/c1-13-3-6-32-21(34-2)20(13)17-4-5-30-11-19(17)33-12-31-10-18(33)14-7-15(22(24,25)26)9-16(8-14)23(27,28)29/h3-13,20H,1-2H3. The first kappa shape index (κ1) is 23.5. The molecule has 0 saturated heterocycles. The van der Waals surface area contributed by atoms with E-state index in [2.05, 4.69) is 15.0 Å². The van der Waals surface area contributed by atoms with Gasteiger partial charge in [-0.1, -0.05) is 13.0 Å². The van der Waals surface area contributed by atoms with E-state index in [1.165, 1.54) is 30.4 Å². The fraction of sp³-hybridized carbons (Fsp3) is 0.261. The number of aliphatic imine (C=N–C) groups is 1. The van der Waals surface area contributed by atoms with E-state index in [-0.39, 0.29) is 29.2 Å². The highest BCUT2D eigenvalue weighted by Gasteiger charge is 2.37.